The average molecular weight is 287 g/mol. The second-order valence-electron chi connectivity index (χ2n) is 5.19. The van der Waals surface area contributed by atoms with Gasteiger partial charge in [0.1, 0.15) is 11.8 Å². The van der Waals surface area contributed by atoms with Gasteiger partial charge in [0.2, 0.25) is 5.95 Å². The molecule has 0 aliphatic carbocycles. The molecule has 2 aliphatic heterocycles. The Labute approximate surface area is 123 Å². The summed E-state index contributed by atoms with van der Waals surface area (Å²) in [6, 6.07) is 3.57. The standard InChI is InChI=1S/C14H17N5O2/c15-9-11-3-4-16-14(17-11)19-7-8-21-12(10-19)13(20)18-5-1-2-6-18/h3-4,12H,1-2,5-8,10H2. The number of hydrogen-bond acceptors (Lipinski definition) is 6. The molecule has 0 aromatic carbocycles. The molecule has 110 valence electrons. The lowest BCUT2D eigenvalue weighted by molar-refractivity contribution is -0.143. The van der Waals surface area contributed by atoms with Crippen LogP contribution in [0.15, 0.2) is 12.3 Å². The van der Waals surface area contributed by atoms with E-state index in [-0.39, 0.29) is 5.91 Å². The third-order valence-corrected chi connectivity index (χ3v) is 3.80. The molecule has 2 fully saturated rings. The SMILES string of the molecule is N#Cc1ccnc(N2CCOC(C(=O)N3CCCC3)C2)n1. The van der Waals surface area contributed by atoms with Gasteiger partial charge in [0.15, 0.2) is 6.10 Å². The second kappa shape index (κ2) is 6.06. The zero-order valence-electron chi connectivity index (χ0n) is 11.7. The first-order valence-electron chi connectivity index (χ1n) is 7.16. The van der Waals surface area contributed by atoms with Crippen LogP contribution in [0.4, 0.5) is 5.95 Å². The molecule has 1 aromatic rings. The molecule has 1 aromatic heterocycles. The molecule has 7 nitrogen and oxygen atoms in total. The fraction of sp³-hybridized carbons (Fsp3) is 0.571. The van der Waals surface area contributed by atoms with Gasteiger partial charge in [-0.2, -0.15) is 5.26 Å². The number of nitriles is 1. The average Bonchev–Trinajstić information content (AvgIpc) is 3.09. The molecule has 7 heteroatoms. The van der Waals surface area contributed by atoms with E-state index in [1.807, 2.05) is 15.9 Å². The minimum absolute atomic E-state index is 0.0497. The number of morpholine rings is 1. The smallest absolute Gasteiger partial charge is 0.253 e. The summed E-state index contributed by atoms with van der Waals surface area (Å²) in [6.45, 7) is 3.16. The van der Waals surface area contributed by atoms with Gasteiger partial charge in [-0.25, -0.2) is 9.97 Å². The molecular weight excluding hydrogens is 270 g/mol. The Morgan fingerprint density at radius 3 is 2.95 bits per heavy atom. The first kappa shape index (κ1) is 13.8. The third-order valence-electron chi connectivity index (χ3n) is 3.80. The van der Waals surface area contributed by atoms with E-state index in [1.54, 1.807) is 12.3 Å². The van der Waals surface area contributed by atoms with Gasteiger partial charge in [-0.3, -0.25) is 4.79 Å². The van der Waals surface area contributed by atoms with Crippen LogP contribution in [0.5, 0.6) is 0 Å². The van der Waals surface area contributed by atoms with Crippen molar-refractivity contribution in [1.82, 2.24) is 14.9 Å². The summed E-state index contributed by atoms with van der Waals surface area (Å²) in [7, 11) is 0. The first-order chi connectivity index (χ1) is 10.3. The fourth-order valence-electron chi connectivity index (χ4n) is 2.68. The highest BCUT2D eigenvalue weighted by Crippen LogP contribution is 2.17. The van der Waals surface area contributed by atoms with E-state index in [2.05, 4.69) is 9.97 Å². The van der Waals surface area contributed by atoms with Gasteiger partial charge >= 0.3 is 0 Å². The van der Waals surface area contributed by atoms with Crippen LogP contribution < -0.4 is 4.90 Å². The lowest BCUT2D eigenvalue weighted by Crippen LogP contribution is -2.51. The van der Waals surface area contributed by atoms with Crippen molar-refractivity contribution in [2.45, 2.75) is 18.9 Å². The largest absolute Gasteiger partial charge is 0.365 e. The molecule has 1 atom stereocenters. The monoisotopic (exact) mass is 287 g/mol. The molecule has 3 rings (SSSR count). The summed E-state index contributed by atoms with van der Waals surface area (Å²) < 4.78 is 5.61. The Balaban J connectivity index is 1.70. The number of rotatable bonds is 2. The maximum Gasteiger partial charge on any atom is 0.253 e. The second-order valence-corrected chi connectivity index (χ2v) is 5.19. The lowest BCUT2D eigenvalue weighted by Gasteiger charge is -2.33. The molecule has 1 amide bonds. The molecule has 1 unspecified atom stereocenters. The number of amides is 1. The van der Waals surface area contributed by atoms with E-state index in [4.69, 9.17) is 10.00 Å². The fourth-order valence-corrected chi connectivity index (χ4v) is 2.68. The highest BCUT2D eigenvalue weighted by atomic mass is 16.5. The molecule has 0 radical (unpaired) electrons. The molecule has 3 heterocycles. The Hall–Kier alpha value is -2.20. The van der Waals surface area contributed by atoms with Crippen LogP contribution >= 0.6 is 0 Å². The van der Waals surface area contributed by atoms with Crippen molar-refractivity contribution in [2.24, 2.45) is 0 Å². The number of anilines is 1. The van der Waals surface area contributed by atoms with E-state index < -0.39 is 6.10 Å². The van der Waals surface area contributed by atoms with Gasteiger partial charge in [0.25, 0.3) is 5.91 Å². The zero-order valence-corrected chi connectivity index (χ0v) is 11.7. The van der Waals surface area contributed by atoms with Gasteiger partial charge in [-0.1, -0.05) is 0 Å². The van der Waals surface area contributed by atoms with Gasteiger partial charge in [0, 0.05) is 25.8 Å². The summed E-state index contributed by atoms with van der Waals surface area (Å²) in [5.41, 5.74) is 0.328. The van der Waals surface area contributed by atoms with Crippen molar-refractivity contribution in [2.75, 3.05) is 37.7 Å². The van der Waals surface area contributed by atoms with Crippen LogP contribution in [0.3, 0.4) is 0 Å². The number of aromatic nitrogens is 2. The topological polar surface area (TPSA) is 82.3 Å². The third kappa shape index (κ3) is 2.95. The molecule has 0 bridgehead atoms. The number of carbonyl (C=O) groups excluding carboxylic acids is 1. The summed E-state index contributed by atoms with van der Waals surface area (Å²) in [4.78, 5) is 24.5. The Bertz CT molecular complexity index is 565. The predicted molar refractivity (Wildman–Crippen MR) is 74.5 cm³/mol. The number of carbonyl (C=O) groups is 1. The molecule has 0 N–H and O–H groups in total. The lowest BCUT2D eigenvalue weighted by atomic mass is 10.2. The van der Waals surface area contributed by atoms with Crippen molar-refractivity contribution < 1.29 is 9.53 Å². The van der Waals surface area contributed by atoms with Crippen LogP contribution in [-0.2, 0) is 9.53 Å². The van der Waals surface area contributed by atoms with Crippen LogP contribution in [0.25, 0.3) is 0 Å². The Kier molecular flexibility index (Phi) is 3.97. The van der Waals surface area contributed by atoms with E-state index in [9.17, 15) is 4.79 Å². The van der Waals surface area contributed by atoms with E-state index >= 15 is 0 Å². The minimum Gasteiger partial charge on any atom is -0.365 e. The first-order valence-corrected chi connectivity index (χ1v) is 7.16. The van der Waals surface area contributed by atoms with Crippen LogP contribution in [0.1, 0.15) is 18.5 Å². The van der Waals surface area contributed by atoms with Crippen LogP contribution in [-0.4, -0.2) is 59.7 Å². The highest BCUT2D eigenvalue weighted by Gasteiger charge is 2.32. The zero-order chi connectivity index (χ0) is 14.7. The van der Waals surface area contributed by atoms with Gasteiger partial charge < -0.3 is 14.5 Å². The highest BCUT2D eigenvalue weighted by molar-refractivity contribution is 5.82. The van der Waals surface area contributed by atoms with Crippen LogP contribution in [0, 0.1) is 11.3 Å². The van der Waals surface area contributed by atoms with Gasteiger partial charge in [-0.05, 0) is 18.9 Å². The van der Waals surface area contributed by atoms with Crippen molar-refractivity contribution in [3.8, 4) is 6.07 Å². The molecular formula is C14H17N5O2. The Morgan fingerprint density at radius 2 is 2.19 bits per heavy atom. The molecule has 2 aliphatic rings. The quantitative estimate of drug-likeness (QED) is 0.771. The van der Waals surface area contributed by atoms with Crippen molar-refractivity contribution in [1.29, 1.82) is 5.26 Å². The maximum absolute atomic E-state index is 12.4. The maximum atomic E-state index is 12.4. The van der Waals surface area contributed by atoms with Crippen molar-refractivity contribution in [3.05, 3.63) is 18.0 Å². The summed E-state index contributed by atoms with van der Waals surface area (Å²) in [5.74, 6) is 0.533. The number of ether oxygens (including phenoxy) is 1. The normalized spacial score (nSPS) is 22.1. The molecule has 2 saturated heterocycles. The van der Waals surface area contributed by atoms with Crippen molar-refractivity contribution in [3.63, 3.8) is 0 Å². The number of likely N-dealkylation sites (tertiary alicyclic amines) is 1. The van der Waals surface area contributed by atoms with Gasteiger partial charge in [-0.15, -0.1) is 0 Å². The number of hydrogen-bond donors (Lipinski definition) is 0. The predicted octanol–water partition coefficient (Wildman–Crippen LogP) is 0.176. The van der Waals surface area contributed by atoms with Crippen molar-refractivity contribution >= 4 is 11.9 Å². The van der Waals surface area contributed by atoms with E-state index in [0.29, 0.717) is 31.3 Å². The summed E-state index contributed by atoms with van der Waals surface area (Å²) in [5, 5.41) is 8.90. The Morgan fingerprint density at radius 1 is 1.38 bits per heavy atom. The summed E-state index contributed by atoms with van der Waals surface area (Å²) >= 11 is 0. The minimum atomic E-state index is -0.466. The molecule has 0 saturated carbocycles. The van der Waals surface area contributed by atoms with Crippen LogP contribution in [0.2, 0.25) is 0 Å². The molecule has 21 heavy (non-hydrogen) atoms. The van der Waals surface area contributed by atoms with Gasteiger partial charge in [0.05, 0.1) is 13.2 Å². The van der Waals surface area contributed by atoms with E-state index in [0.717, 1.165) is 25.9 Å². The molecule has 0 spiro atoms. The number of nitrogens with zero attached hydrogens (tertiary/aromatic N) is 5. The van der Waals surface area contributed by atoms with E-state index in [1.165, 1.54) is 0 Å². The summed E-state index contributed by atoms with van der Waals surface area (Å²) in [6.07, 6.45) is 3.23.